The largest absolute Gasteiger partial charge is 0.508 e. The lowest BCUT2D eigenvalue weighted by molar-refractivity contribution is -0.504. The van der Waals surface area contributed by atoms with Crippen molar-refractivity contribution in [2.24, 2.45) is 5.92 Å². The minimum atomic E-state index is -2.21. The first-order chi connectivity index (χ1) is 14.9. The first kappa shape index (κ1) is 22.0. The Kier molecular flexibility index (Phi) is 4.92. The van der Waals surface area contributed by atoms with Crippen molar-refractivity contribution in [3.05, 3.63) is 57.1 Å². The minimum absolute atomic E-state index is 0.117. The maximum Gasteiger partial charge on any atom is 0.309 e. The zero-order valence-corrected chi connectivity index (χ0v) is 17.5. The van der Waals surface area contributed by atoms with Gasteiger partial charge in [0.2, 0.25) is 5.78 Å². The van der Waals surface area contributed by atoms with Crippen LogP contribution in [0.15, 0.2) is 40.5 Å². The van der Waals surface area contributed by atoms with Gasteiger partial charge in [0.05, 0.1) is 22.6 Å². The fourth-order valence-electron chi connectivity index (χ4n) is 4.60. The molecule has 0 aromatic heterocycles. The highest BCUT2D eigenvalue weighted by atomic mass is 16.6. The molecule has 5 unspecified atom stereocenters. The second-order valence-corrected chi connectivity index (χ2v) is 8.66. The van der Waals surface area contributed by atoms with Crippen LogP contribution in [-0.2, 0) is 9.53 Å². The lowest BCUT2D eigenvalue weighted by Crippen LogP contribution is -2.76. The zero-order chi connectivity index (χ0) is 23.7. The number of nitrogens with zero attached hydrogens (tertiary/aromatic N) is 1. The van der Waals surface area contributed by atoms with Crippen LogP contribution >= 0.6 is 0 Å². The number of hydrogen-bond donors (Lipinski definition) is 5. The highest BCUT2D eigenvalue weighted by Gasteiger charge is 2.61. The SMILES string of the molecule is CC(C)C(=O)OC1C2=C(C3=C(C(=O)c4c(O)cccc4C3=O)C2[NH+]=[N-])C(O)C(O)C1(C)O. The van der Waals surface area contributed by atoms with Gasteiger partial charge in [-0.15, -0.1) is 0 Å². The summed E-state index contributed by atoms with van der Waals surface area (Å²) in [5.74, 6) is -3.32. The van der Waals surface area contributed by atoms with Crippen molar-refractivity contribution in [1.29, 1.82) is 0 Å². The Morgan fingerprint density at radius 2 is 1.84 bits per heavy atom. The number of Topliss-reactive ketones (excluding diaryl/α,β-unsaturated/α-hetero) is 2. The van der Waals surface area contributed by atoms with Crippen LogP contribution in [0.4, 0.5) is 0 Å². The molecule has 10 heteroatoms. The number of benzene rings is 1. The normalized spacial score (nSPS) is 31.5. The van der Waals surface area contributed by atoms with E-state index in [1.807, 2.05) is 5.11 Å². The summed E-state index contributed by atoms with van der Waals surface area (Å²) in [5.41, 5.74) is 6.44. The Hall–Kier alpha value is -3.21. The maximum atomic E-state index is 13.3. The summed E-state index contributed by atoms with van der Waals surface area (Å²) in [6.45, 7) is 4.23. The summed E-state index contributed by atoms with van der Waals surface area (Å²) in [7, 11) is 0. The van der Waals surface area contributed by atoms with Crippen molar-refractivity contribution in [3.63, 3.8) is 0 Å². The zero-order valence-electron chi connectivity index (χ0n) is 17.5. The molecule has 0 heterocycles. The van der Waals surface area contributed by atoms with E-state index in [1.54, 1.807) is 13.8 Å². The van der Waals surface area contributed by atoms with Crippen LogP contribution in [0, 0.1) is 5.92 Å². The van der Waals surface area contributed by atoms with Gasteiger partial charge in [0.1, 0.15) is 23.6 Å². The second-order valence-electron chi connectivity index (χ2n) is 8.66. The number of aromatic hydroxyl groups is 1. The topological polar surface area (TPSA) is 178 Å². The molecule has 0 radical (unpaired) electrons. The molecule has 0 fully saturated rings. The van der Waals surface area contributed by atoms with E-state index in [1.165, 1.54) is 18.2 Å². The molecule has 1 aromatic carbocycles. The summed E-state index contributed by atoms with van der Waals surface area (Å²) in [5, 5.41) is 44.6. The van der Waals surface area contributed by atoms with Gasteiger partial charge < -0.3 is 35.8 Å². The van der Waals surface area contributed by atoms with Crippen molar-refractivity contribution in [1.82, 2.24) is 0 Å². The van der Waals surface area contributed by atoms with Gasteiger partial charge in [-0.1, -0.05) is 26.0 Å². The number of fused-ring (bicyclic) bond motifs is 2. The van der Waals surface area contributed by atoms with E-state index < -0.39 is 59.2 Å². The predicted octanol–water partition coefficient (Wildman–Crippen LogP) is -1.10. The Morgan fingerprint density at radius 3 is 2.44 bits per heavy atom. The standard InChI is InChI=1S/C22H22N2O8/c1-7(2)21(30)32-20-14-12(18(28)19(29)22(20,3)31)11-13(15(14)24-23)17(27)10-8(16(11)26)5-4-6-9(10)25/h4-7,15,18-20,24-25,28-29,31H,1-3H3. The van der Waals surface area contributed by atoms with E-state index in [9.17, 15) is 40.3 Å². The summed E-state index contributed by atoms with van der Waals surface area (Å²) in [6, 6.07) is 2.50. The van der Waals surface area contributed by atoms with Gasteiger partial charge in [0.15, 0.2) is 17.9 Å². The number of carbonyl (C=O) groups excluding carboxylic acids is 3. The minimum Gasteiger partial charge on any atom is -0.508 e. The van der Waals surface area contributed by atoms with E-state index in [0.717, 1.165) is 6.92 Å². The number of aliphatic hydroxyl groups excluding tert-OH is 2. The number of phenols is 1. The van der Waals surface area contributed by atoms with E-state index >= 15 is 0 Å². The number of esters is 1. The second kappa shape index (κ2) is 7.16. The van der Waals surface area contributed by atoms with Crippen molar-refractivity contribution >= 4 is 17.5 Å². The van der Waals surface area contributed by atoms with Crippen LogP contribution < -0.4 is 5.11 Å². The van der Waals surface area contributed by atoms with Gasteiger partial charge in [-0.3, -0.25) is 14.4 Å². The van der Waals surface area contributed by atoms with E-state index in [-0.39, 0.29) is 33.4 Å². The smallest absolute Gasteiger partial charge is 0.309 e. The molecule has 5 atom stereocenters. The maximum absolute atomic E-state index is 13.3. The molecule has 3 aliphatic carbocycles. The fraction of sp³-hybridized carbons (Fsp3) is 0.409. The third-order valence-electron chi connectivity index (χ3n) is 6.28. The number of ether oxygens (including phenoxy) is 1. The van der Waals surface area contributed by atoms with Crippen LogP contribution in [0.2, 0.25) is 0 Å². The molecule has 4 rings (SSSR count). The third-order valence-corrected chi connectivity index (χ3v) is 6.28. The highest BCUT2D eigenvalue weighted by molar-refractivity contribution is 6.31. The molecule has 0 aliphatic heterocycles. The number of aliphatic hydroxyl groups is 3. The fourth-order valence-corrected chi connectivity index (χ4v) is 4.60. The van der Waals surface area contributed by atoms with Crippen molar-refractivity contribution in [2.45, 2.75) is 50.7 Å². The Balaban J connectivity index is 1.97. The van der Waals surface area contributed by atoms with Gasteiger partial charge in [-0.2, -0.15) is 0 Å². The first-order valence-corrected chi connectivity index (χ1v) is 10.0. The quantitative estimate of drug-likeness (QED) is 0.289. The van der Waals surface area contributed by atoms with Crippen molar-refractivity contribution in [3.8, 4) is 5.75 Å². The molecule has 5 N–H and O–H groups in total. The molecule has 0 spiro atoms. The van der Waals surface area contributed by atoms with E-state index in [0.29, 0.717) is 0 Å². The Labute approximate surface area is 182 Å². The predicted molar refractivity (Wildman–Crippen MR) is 106 cm³/mol. The van der Waals surface area contributed by atoms with Gasteiger partial charge in [0.25, 0.3) is 0 Å². The Morgan fingerprint density at radius 1 is 1.19 bits per heavy atom. The summed E-state index contributed by atoms with van der Waals surface area (Å²) in [6.07, 6.45) is -5.31. The molecule has 0 saturated carbocycles. The van der Waals surface area contributed by atoms with Gasteiger partial charge in [-0.05, 0) is 13.0 Å². The molecule has 168 valence electrons. The summed E-state index contributed by atoms with van der Waals surface area (Å²) < 4.78 is 5.44. The first-order valence-electron chi connectivity index (χ1n) is 10.0. The van der Waals surface area contributed by atoms with Crippen LogP contribution in [0.5, 0.6) is 5.75 Å². The van der Waals surface area contributed by atoms with Crippen molar-refractivity contribution in [2.75, 3.05) is 0 Å². The van der Waals surface area contributed by atoms with Crippen LogP contribution in [-0.4, -0.2) is 67.9 Å². The monoisotopic (exact) mass is 442 g/mol. The van der Waals surface area contributed by atoms with E-state index in [4.69, 9.17) is 4.74 Å². The number of carbonyl (C=O) groups is 3. The van der Waals surface area contributed by atoms with Gasteiger partial charge in [-0.25, -0.2) is 0 Å². The highest BCUT2D eigenvalue weighted by Crippen LogP contribution is 2.49. The molecule has 10 nitrogen and oxygen atoms in total. The summed E-state index contributed by atoms with van der Waals surface area (Å²) >= 11 is 0. The summed E-state index contributed by atoms with van der Waals surface area (Å²) in [4.78, 5) is 39.0. The van der Waals surface area contributed by atoms with Crippen LogP contribution in [0.1, 0.15) is 41.5 Å². The number of rotatable bonds is 3. The van der Waals surface area contributed by atoms with Crippen LogP contribution in [0.3, 0.4) is 0 Å². The molecular formula is C22H22N2O8. The third kappa shape index (κ3) is 2.73. The Bertz CT molecular complexity index is 1150. The molecular weight excluding hydrogens is 420 g/mol. The molecule has 3 aliphatic rings. The molecule has 0 amide bonds. The molecule has 32 heavy (non-hydrogen) atoms. The van der Waals surface area contributed by atoms with Crippen molar-refractivity contribution < 1.29 is 44.7 Å². The number of ketones is 2. The lowest BCUT2D eigenvalue weighted by atomic mass is 9.73. The van der Waals surface area contributed by atoms with Gasteiger partial charge in [0, 0.05) is 16.7 Å². The number of phenolic OH excluding ortho intramolecular Hbond substituents is 1. The number of nitrogens with one attached hydrogen (secondary N) is 1. The average molecular weight is 442 g/mol. The van der Waals surface area contributed by atoms with E-state index in [2.05, 4.69) is 0 Å². The molecule has 0 saturated heterocycles. The molecule has 1 aromatic rings. The average Bonchev–Trinajstić information content (AvgIpc) is 3.08. The van der Waals surface area contributed by atoms with Gasteiger partial charge >= 0.3 is 5.97 Å². The number of hydrogen-bond acceptors (Lipinski definition) is 8. The lowest BCUT2D eigenvalue weighted by Gasteiger charge is -2.44. The van der Waals surface area contributed by atoms with Crippen LogP contribution in [0.25, 0.3) is 5.53 Å². The molecule has 0 bridgehead atoms.